The molecule has 32 heavy (non-hydrogen) atoms. The molecule has 1 aliphatic rings. The summed E-state index contributed by atoms with van der Waals surface area (Å²) >= 11 is 1.51. The predicted molar refractivity (Wildman–Crippen MR) is 116 cm³/mol. The van der Waals surface area contributed by atoms with E-state index in [2.05, 4.69) is 20.3 Å². The Labute approximate surface area is 185 Å². The molecule has 4 heterocycles. The first-order valence-electron chi connectivity index (χ1n) is 9.72. The number of fused-ring (bicyclic) bond motifs is 1. The van der Waals surface area contributed by atoms with Crippen molar-refractivity contribution >= 4 is 46.3 Å². The number of thiophene rings is 1. The fourth-order valence-electron chi connectivity index (χ4n) is 3.39. The lowest BCUT2D eigenvalue weighted by atomic mass is 10.1. The number of nitrogens with zero attached hydrogens (tertiary/aromatic N) is 4. The Hall–Kier alpha value is -3.10. The number of aliphatic hydroxyl groups excluding tert-OH is 3. The summed E-state index contributed by atoms with van der Waals surface area (Å²) in [7, 11) is 0. The van der Waals surface area contributed by atoms with E-state index < -0.39 is 37.1 Å². The molecule has 13 heteroatoms. The highest BCUT2D eigenvalue weighted by Crippen LogP contribution is 2.32. The average Bonchev–Trinajstić information content (AvgIpc) is 3.46. The second kappa shape index (κ2) is 9.18. The molecular formula is C19H22N6O6S. The average molecular weight is 462 g/mol. The molecule has 0 spiro atoms. The number of carboxylic acids is 1. The molecule has 3 aromatic heterocycles. The maximum atomic E-state index is 10.6. The number of imidazole rings is 1. The molecule has 0 radical (unpaired) electrons. The van der Waals surface area contributed by atoms with Gasteiger partial charge in [-0.3, -0.25) is 4.57 Å². The third-order valence-corrected chi connectivity index (χ3v) is 6.00. The Balaban J connectivity index is 1.47. The van der Waals surface area contributed by atoms with Gasteiger partial charge in [-0.25, -0.2) is 9.78 Å². The number of aliphatic hydroxyl groups is 3. The first-order valence-corrected chi connectivity index (χ1v) is 10.6. The van der Waals surface area contributed by atoms with E-state index in [-0.39, 0.29) is 11.8 Å². The largest absolute Gasteiger partial charge is 0.478 e. The minimum atomic E-state index is -1.28. The summed E-state index contributed by atoms with van der Waals surface area (Å²) in [4.78, 5) is 24.5. The van der Waals surface area contributed by atoms with Gasteiger partial charge in [-0.1, -0.05) is 0 Å². The maximum Gasteiger partial charge on any atom is 0.328 e. The normalized spacial score (nSPS) is 23.3. The number of nitrogens with two attached hydrogens (primary N) is 1. The molecule has 0 bridgehead atoms. The number of ether oxygens (including phenoxy) is 1. The molecular weight excluding hydrogens is 440 g/mol. The zero-order chi connectivity index (χ0) is 22.8. The molecule has 4 atom stereocenters. The zero-order valence-electron chi connectivity index (χ0n) is 16.7. The van der Waals surface area contributed by atoms with Gasteiger partial charge in [-0.2, -0.15) is 9.97 Å². The summed E-state index contributed by atoms with van der Waals surface area (Å²) in [5.74, 6) is -0.605. The molecule has 1 saturated heterocycles. The van der Waals surface area contributed by atoms with Crippen molar-refractivity contribution in [1.82, 2.24) is 19.5 Å². The quantitative estimate of drug-likeness (QED) is 0.244. The molecule has 0 saturated carbocycles. The molecule has 7 N–H and O–H groups in total. The van der Waals surface area contributed by atoms with Gasteiger partial charge in [0, 0.05) is 17.5 Å². The Morgan fingerprint density at radius 1 is 1.34 bits per heavy atom. The number of carboxylic acid groups (broad SMARTS) is 1. The molecule has 1 fully saturated rings. The van der Waals surface area contributed by atoms with E-state index in [1.54, 1.807) is 0 Å². The maximum absolute atomic E-state index is 10.6. The van der Waals surface area contributed by atoms with Crippen LogP contribution in [0.5, 0.6) is 0 Å². The van der Waals surface area contributed by atoms with Crippen LogP contribution in [-0.2, 0) is 16.0 Å². The molecule has 12 nitrogen and oxygen atoms in total. The lowest BCUT2D eigenvalue weighted by Gasteiger charge is -2.16. The number of nitrogen functional groups attached to an aromatic ring is 1. The Kier molecular flexibility index (Phi) is 6.34. The summed E-state index contributed by atoms with van der Waals surface area (Å²) in [5, 5.41) is 43.3. The highest BCUT2D eigenvalue weighted by molar-refractivity contribution is 7.10. The smallest absolute Gasteiger partial charge is 0.328 e. The van der Waals surface area contributed by atoms with Gasteiger partial charge in [0.2, 0.25) is 5.95 Å². The first kappa shape index (κ1) is 22.1. The van der Waals surface area contributed by atoms with Crippen LogP contribution in [0.3, 0.4) is 0 Å². The van der Waals surface area contributed by atoms with Gasteiger partial charge < -0.3 is 36.2 Å². The molecule has 170 valence electrons. The number of anilines is 2. The number of hydrogen-bond donors (Lipinski definition) is 6. The topological polar surface area (TPSA) is 189 Å². The van der Waals surface area contributed by atoms with Gasteiger partial charge in [0.05, 0.1) is 12.9 Å². The summed E-state index contributed by atoms with van der Waals surface area (Å²) in [6, 6.07) is 1.90. The van der Waals surface area contributed by atoms with Crippen LogP contribution in [-0.4, -0.2) is 77.4 Å². The standard InChI is InChI=1S/C19H22N6O6S/c20-16-13-17(25(8-22-13)18-15(30)14(29)11(6-26)31-18)24-19(23-16)21-4-3-10-5-9(7-32-10)1-2-12(27)28/h1-2,5,7-8,11,14-15,18,26,29-30H,3-4,6H2,(H,27,28)(H3,20,21,23,24)/t11-,14-,15-,18-/m1/s1. The molecule has 0 unspecified atom stereocenters. The highest BCUT2D eigenvalue weighted by Gasteiger charge is 2.44. The number of rotatable bonds is 8. The molecule has 1 aliphatic heterocycles. The van der Waals surface area contributed by atoms with Crippen LogP contribution in [0, 0.1) is 0 Å². The van der Waals surface area contributed by atoms with Crippen molar-refractivity contribution in [1.29, 1.82) is 0 Å². The van der Waals surface area contributed by atoms with Crippen LogP contribution < -0.4 is 11.1 Å². The van der Waals surface area contributed by atoms with E-state index in [9.17, 15) is 20.1 Å². The van der Waals surface area contributed by atoms with Gasteiger partial charge in [0.15, 0.2) is 17.7 Å². The van der Waals surface area contributed by atoms with Crippen molar-refractivity contribution in [2.45, 2.75) is 31.0 Å². The summed E-state index contributed by atoms with van der Waals surface area (Å²) in [6.07, 6.45) is 0.222. The number of hydrogen-bond acceptors (Lipinski definition) is 11. The fraction of sp³-hybridized carbons (Fsp3) is 0.368. The van der Waals surface area contributed by atoms with Gasteiger partial charge >= 0.3 is 5.97 Å². The number of aromatic nitrogens is 4. The molecule has 0 aromatic carbocycles. The first-order chi connectivity index (χ1) is 15.4. The monoisotopic (exact) mass is 462 g/mol. The zero-order valence-corrected chi connectivity index (χ0v) is 17.5. The van der Waals surface area contributed by atoms with E-state index in [0.29, 0.717) is 24.1 Å². The second-order valence-electron chi connectivity index (χ2n) is 7.18. The Bertz CT molecular complexity index is 1150. The molecule has 3 aromatic rings. The van der Waals surface area contributed by atoms with Crippen LogP contribution in [0.1, 0.15) is 16.7 Å². The van der Waals surface area contributed by atoms with Crippen LogP contribution >= 0.6 is 11.3 Å². The van der Waals surface area contributed by atoms with Gasteiger partial charge in [-0.15, -0.1) is 11.3 Å². The van der Waals surface area contributed by atoms with Gasteiger partial charge in [0.25, 0.3) is 0 Å². The SMILES string of the molecule is Nc1nc(NCCc2cc(C=CC(=O)O)cs2)nc2c1ncn2[C@@H]1O[C@H](CO)[C@@H](O)[C@H]1O. The number of nitrogens with one attached hydrogen (secondary N) is 1. The van der Waals surface area contributed by atoms with E-state index in [0.717, 1.165) is 16.5 Å². The molecule has 0 aliphatic carbocycles. The van der Waals surface area contributed by atoms with E-state index in [1.807, 2.05) is 11.4 Å². The van der Waals surface area contributed by atoms with Crippen molar-refractivity contribution in [2.75, 3.05) is 24.2 Å². The summed E-state index contributed by atoms with van der Waals surface area (Å²) in [5.41, 5.74) is 7.46. The highest BCUT2D eigenvalue weighted by atomic mass is 32.1. The lowest BCUT2D eigenvalue weighted by Crippen LogP contribution is -2.33. The van der Waals surface area contributed by atoms with E-state index in [4.69, 9.17) is 15.6 Å². The molecule has 0 amide bonds. The predicted octanol–water partition coefficient (Wildman–Crippen LogP) is -0.166. The van der Waals surface area contributed by atoms with Crippen molar-refractivity contribution in [3.8, 4) is 0 Å². The minimum Gasteiger partial charge on any atom is -0.478 e. The van der Waals surface area contributed by atoms with Crippen molar-refractivity contribution < 1.29 is 30.0 Å². The lowest BCUT2D eigenvalue weighted by molar-refractivity contribution is -0.131. The van der Waals surface area contributed by atoms with E-state index >= 15 is 0 Å². The third-order valence-electron chi connectivity index (χ3n) is 4.99. The van der Waals surface area contributed by atoms with Crippen LogP contribution in [0.4, 0.5) is 11.8 Å². The summed E-state index contributed by atoms with van der Waals surface area (Å²) < 4.78 is 7.00. The van der Waals surface area contributed by atoms with Crippen molar-refractivity contribution in [3.05, 3.63) is 34.3 Å². The summed E-state index contributed by atoms with van der Waals surface area (Å²) in [6.45, 7) is 0.0529. The second-order valence-corrected chi connectivity index (χ2v) is 8.18. The van der Waals surface area contributed by atoms with Crippen molar-refractivity contribution in [2.24, 2.45) is 0 Å². The van der Waals surface area contributed by atoms with Crippen LogP contribution in [0.25, 0.3) is 17.2 Å². The number of aliphatic carboxylic acids is 1. The Morgan fingerprint density at radius 2 is 2.16 bits per heavy atom. The Morgan fingerprint density at radius 3 is 2.88 bits per heavy atom. The van der Waals surface area contributed by atoms with E-state index in [1.165, 1.54) is 28.3 Å². The van der Waals surface area contributed by atoms with Gasteiger partial charge in [0.1, 0.15) is 23.8 Å². The fourth-order valence-corrected chi connectivity index (χ4v) is 4.25. The number of carbonyl (C=O) groups is 1. The third kappa shape index (κ3) is 4.42. The van der Waals surface area contributed by atoms with Crippen LogP contribution in [0.2, 0.25) is 0 Å². The minimum absolute atomic E-state index is 0.139. The van der Waals surface area contributed by atoms with Gasteiger partial charge in [-0.05, 0) is 29.5 Å². The van der Waals surface area contributed by atoms with Crippen LogP contribution in [0.15, 0.2) is 23.8 Å². The van der Waals surface area contributed by atoms with Crippen molar-refractivity contribution in [3.63, 3.8) is 0 Å². The molecule has 4 rings (SSSR count).